The van der Waals surface area contributed by atoms with Gasteiger partial charge in [-0.05, 0) is 33.6 Å². The summed E-state index contributed by atoms with van der Waals surface area (Å²) in [5.74, 6) is 0.555. The van der Waals surface area contributed by atoms with Crippen molar-refractivity contribution in [1.82, 2.24) is 4.98 Å². The number of thiophene rings is 1. The van der Waals surface area contributed by atoms with E-state index in [9.17, 15) is 0 Å². The van der Waals surface area contributed by atoms with Gasteiger partial charge in [0.25, 0.3) is 0 Å². The summed E-state index contributed by atoms with van der Waals surface area (Å²) < 4.78 is 1.41. The van der Waals surface area contributed by atoms with Crippen molar-refractivity contribution < 1.29 is 0 Å². The molecule has 1 aliphatic rings. The van der Waals surface area contributed by atoms with Gasteiger partial charge in [0.1, 0.15) is 0 Å². The van der Waals surface area contributed by atoms with Gasteiger partial charge in [0.05, 0.1) is 15.7 Å². The zero-order valence-electron chi connectivity index (χ0n) is 18.6. The van der Waals surface area contributed by atoms with E-state index in [1.807, 2.05) is 11.3 Å². The van der Waals surface area contributed by atoms with Crippen molar-refractivity contribution in [3.63, 3.8) is 0 Å². The molecular formula is C30H25NS. The zero-order chi connectivity index (χ0) is 21.6. The van der Waals surface area contributed by atoms with E-state index in [2.05, 4.69) is 98.6 Å². The van der Waals surface area contributed by atoms with Gasteiger partial charge in [-0.15, -0.1) is 11.3 Å². The number of fused-ring (bicyclic) bond motifs is 12. The van der Waals surface area contributed by atoms with Crippen LogP contribution in [0.15, 0.2) is 66.7 Å². The number of hydrogen-bond acceptors (Lipinski definition) is 1. The quantitative estimate of drug-likeness (QED) is 0.246. The minimum absolute atomic E-state index is 0.242. The molecule has 0 aliphatic heterocycles. The van der Waals surface area contributed by atoms with Crippen LogP contribution in [0.1, 0.15) is 43.6 Å². The van der Waals surface area contributed by atoms with Gasteiger partial charge in [-0.3, -0.25) is 0 Å². The van der Waals surface area contributed by atoms with Crippen molar-refractivity contribution in [3.8, 4) is 0 Å². The van der Waals surface area contributed by atoms with Crippen LogP contribution in [-0.2, 0) is 0 Å². The smallest absolute Gasteiger partial charge is 0.0653 e. The maximum absolute atomic E-state index is 3.91. The van der Waals surface area contributed by atoms with Crippen LogP contribution in [0.25, 0.3) is 59.5 Å². The van der Waals surface area contributed by atoms with Crippen molar-refractivity contribution in [1.29, 1.82) is 0 Å². The van der Waals surface area contributed by atoms with Crippen LogP contribution in [0, 0.1) is 5.41 Å². The van der Waals surface area contributed by atoms with Gasteiger partial charge in [0.15, 0.2) is 0 Å². The Bertz CT molecular complexity index is 1740. The molecule has 0 fully saturated rings. The molecule has 0 spiro atoms. The molecule has 0 saturated heterocycles. The van der Waals surface area contributed by atoms with Crippen LogP contribution < -0.4 is 0 Å². The normalized spacial score (nSPS) is 16.7. The van der Waals surface area contributed by atoms with E-state index < -0.39 is 0 Å². The average Bonchev–Trinajstić information content (AvgIpc) is 3.38. The van der Waals surface area contributed by atoms with Gasteiger partial charge in [-0.1, -0.05) is 93.6 Å². The molecule has 2 heterocycles. The first-order valence-electron chi connectivity index (χ1n) is 11.5. The minimum atomic E-state index is 0.242. The summed E-state index contributed by atoms with van der Waals surface area (Å²) in [6, 6.07) is 22.3. The molecule has 6 aromatic rings. The molecule has 2 heteroatoms. The maximum Gasteiger partial charge on any atom is 0.0653 e. The van der Waals surface area contributed by atoms with Crippen molar-refractivity contribution >= 4 is 70.8 Å². The lowest BCUT2D eigenvalue weighted by Gasteiger charge is -2.31. The fourth-order valence-electron chi connectivity index (χ4n) is 5.81. The second kappa shape index (κ2) is 6.24. The molecule has 0 amide bonds. The van der Waals surface area contributed by atoms with E-state index in [1.54, 1.807) is 4.88 Å². The van der Waals surface area contributed by atoms with Crippen LogP contribution in [0.2, 0.25) is 0 Å². The lowest BCUT2D eigenvalue weighted by Crippen LogP contribution is -2.18. The van der Waals surface area contributed by atoms with Gasteiger partial charge in [-0.25, -0.2) is 0 Å². The molecule has 0 radical (unpaired) electrons. The summed E-state index contributed by atoms with van der Waals surface area (Å²) in [5.41, 5.74) is 4.24. The summed E-state index contributed by atoms with van der Waals surface area (Å²) in [5, 5.41) is 9.42. The highest BCUT2D eigenvalue weighted by Crippen LogP contribution is 2.52. The number of rotatable bonds is 0. The van der Waals surface area contributed by atoms with Gasteiger partial charge in [-0.2, -0.15) is 0 Å². The first-order valence-corrected chi connectivity index (χ1v) is 12.3. The Morgan fingerprint density at radius 2 is 1.50 bits per heavy atom. The highest BCUT2D eigenvalue weighted by Gasteiger charge is 2.32. The van der Waals surface area contributed by atoms with Gasteiger partial charge >= 0.3 is 0 Å². The molecule has 1 atom stereocenters. The molecule has 7 rings (SSSR count). The molecule has 1 aliphatic carbocycles. The predicted molar refractivity (Wildman–Crippen MR) is 142 cm³/mol. The maximum atomic E-state index is 3.91. The molecule has 0 saturated carbocycles. The third-order valence-corrected chi connectivity index (χ3v) is 8.72. The van der Waals surface area contributed by atoms with Crippen molar-refractivity contribution in [2.75, 3.05) is 0 Å². The Hall–Kier alpha value is -3.10. The number of hydrogen-bond donors (Lipinski definition) is 1. The lowest BCUT2D eigenvalue weighted by molar-refractivity contribution is 0.324. The molecule has 0 bridgehead atoms. The fraction of sp³-hybridized carbons (Fsp3) is 0.200. The number of H-pyrrole nitrogens is 1. The molecule has 1 unspecified atom stereocenters. The fourth-order valence-corrected chi connectivity index (χ4v) is 7.48. The van der Waals surface area contributed by atoms with Crippen molar-refractivity contribution in [2.45, 2.75) is 33.1 Å². The van der Waals surface area contributed by atoms with Crippen LogP contribution in [0.3, 0.4) is 0 Å². The lowest BCUT2D eigenvalue weighted by atomic mass is 9.74. The Morgan fingerprint density at radius 1 is 0.781 bits per heavy atom. The topological polar surface area (TPSA) is 15.8 Å². The summed E-state index contributed by atoms with van der Waals surface area (Å²) >= 11 is 2.02. The Morgan fingerprint density at radius 3 is 2.28 bits per heavy atom. The highest BCUT2D eigenvalue weighted by molar-refractivity contribution is 7.20. The number of aromatic amines is 1. The third kappa shape index (κ3) is 2.34. The molecule has 32 heavy (non-hydrogen) atoms. The molecule has 1 N–H and O–H groups in total. The van der Waals surface area contributed by atoms with Crippen LogP contribution >= 0.6 is 11.3 Å². The Balaban J connectivity index is 1.74. The van der Waals surface area contributed by atoms with Gasteiger partial charge in [0, 0.05) is 32.3 Å². The van der Waals surface area contributed by atoms with Crippen molar-refractivity contribution in [2.24, 2.45) is 5.41 Å². The molecule has 4 aromatic carbocycles. The minimum Gasteiger partial charge on any atom is -0.353 e. The van der Waals surface area contributed by atoms with E-state index >= 15 is 0 Å². The Labute approximate surface area is 191 Å². The van der Waals surface area contributed by atoms with E-state index in [1.165, 1.54) is 59.0 Å². The number of allylic oxidation sites excluding steroid dienone is 1. The molecular weight excluding hydrogens is 406 g/mol. The largest absolute Gasteiger partial charge is 0.353 e. The predicted octanol–water partition coefficient (Wildman–Crippen LogP) is 9.39. The number of aromatic nitrogens is 1. The van der Waals surface area contributed by atoms with E-state index in [0.29, 0.717) is 5.92 Å². The third-order valence-electron chi connectivity index (χ3n) is 7.38. The van der Waals surface area contributed by atoms with E-state index in [-0.39, 0.29) is 5.41 Å². The SMILES string of the molecule is CC(C)(C)C1CC=Cc2c1sc1c3[nH]c4c5ccccc5ccc4c3c3ccccc3c21. The monoisotopic (exact) mass is 431 g/mol. The first kappa shape index (κ1) is 18.5. The number of benzene rings is 4. The summed E-state index contributed by atoms with van der Waals surface area (Å²) in [7, 11) is 0. The second-order valence-corrected chi connectivity index (χ2v) is 11.3. The first-order chi connectivity index (χ1) is 15.5. The van der Waals surface area contributed by atoms with Gasteiger partial charge < -0.3 is 4.98 Å². The zero-order valence-corrected chi connectivity index (χ0v) is 19.4. The van der Waals surface area contributed by atoms with Crippen LogP contribution in [0.5, 0.6) is 0 Å². The Kier molecular flexibility index (Phi) is 3.60. The van der Waals surface area contributed by atoms with Crippen LogP contribution in [-0.4, -0.2) is 4.98 Å². The van der Waals surface area contributed by atoms with Crippen molar-refractivity contribution in [3.05, 3.63) is 77.2 Å². The summed E-state index contributed by atoms with van der Waals surface area (Å²) in [6.07, 6.45) is 5.90. The molecule has 156 valence electrons. The summed E-state index contributed by atoms with van der Waals surface area (Å²) in [4.78, 5) is 5.46. The van der Waals surface area contributed by atoms with E-state index in [4.69, 9.17) is 0 Å². The second-order valence-electron chi connectivity index (χ2n) is 10.3. The summed E-state index contributed by atoms with van der Waals surface area (Å²) in [6.45, 7) is 7.15. The van der Waals surface area contributed by atoms with Gasteiger partial charge in [0.2, 0.25) is 0 Å². The molecule has 1 nitrogen and oxygen atoms in total. The molecule has 2 aromatic heterocycles. The standard InChI is InChI=1S/C30H25NS/c1-30(2,3)23-14-8-13-22-25-20-12-7-6-11-19(20)24-21-16-15-17-9-4-5-10-18(17)26(21)31-27(24)29(25)32-28(22)23/h4-13,15-16,23,31H,14H2,1-3H3. The van der Waals surface area contributed by atoms with E-state index in [0.717, 1.165) is 6.42 Å². The average molecular weight is 432 g/mol. The van der Waals surface area contributed by atoms with Crippen LogP contribution in [0.4, 0.5) is 0 Å². The number of nitrogens with one attached hydrogen (secondary N) is 1. The highest BCUT2D eigenvalue weighted by atomic mass is 32.1.